The van der Waals surface area contributed by atoms with Crippen molar-refractivity contribution in [2.75, 3.05) is 33.3 Å². The highest BCUT2D eigenvalue weighted by Gasteiger charge is 2.15. The molecule has 0 fully saturated rings. The molecule has 3 aromatic rings. The fourth-order valence-corrected chi connectivity index (χ4v) is 4.05. The summed E-state index contributed by atoms with van der Waals surface area (Å²) in [7, 11) is 4.66. The molecule has 1 aromatic heterocycles. The minimum absolute atomic E-state index is 0.148. The number of fused-ring (bicyclic) bond motifs is 1. The molecule has 0 spiro atoms. The summed E-state index contributed by atoms with van der Waals surface area (Å²) in [5.41, 5.74) is 1.93. The van der Waals surface area contributed by atoms with Gasteiger partial charge in [-0.25, -0.2) is 0 Å². The number of carbonyl (C=O) groups excluding carboxylic acids is 2. The third kappa shape index (κ3) is 4.69. The Kier molecular flexibility index (Phi) is 6.86. The number of hydrogen-bond acceptors (Lipinski definition) is 6. The molecule has 0 atom stereocenters. The van der Waals surface area contributed by atoms with Crippen molar-refractivity contribution in [3.63, 3.8) is 0 Å². The average Bonchev–Trinajstić information content (AvgIpc) is 3.07. The topological polar surface area (TPSA) is 91.2 Å². The van der Waals surface area contributed by atoms with E-state index in [-0.39, 0.29) is 5.91 Å². The Morgan fingerprint density at radius 1 is 1.10 bits per heavy atom. The van der Waals surface area contributed by atoms with Crippen LogP contribution in [0, 0.1) is 0 Å². The molecule has 30 heavy (non-hydrogen) atoms. The normalized spacial score (nSPS) is 11.5. The third-order valence-corrected chi connectivity index (χ3v) is 5.40. The quantitative estimate of drug-likeness (QED) is 0.623. The highest BCUT2D eigenvalue weighted by atomic mass is 32.1. The summed E-state index contributed by atoms with van der Waals surface area (Å²) < 4.78 is 18.5. The van der Waals surface area contributed by atoms with Gasteiger partial charge in [0, 0.05) is 32.3 Å². The van der Waals surface area contributed by atoms with E-state index in [1.165, 1.54) is 25.4 Å². The molecule has 0 aliphatic heterocycles. The number of carbonyl (C=O) groups is 2. The zero-order valence-corrected chi connectivity index (χ0v) is 18.0. The van der Waals surface area contributed by atoms with Crippen molar-refractivity contribution in [1.82, 2.24) is 4.57 Å². The largest absolute Gasteiger partial charge is 0.497 e. The van der Waals surface area contributed by atoms with Gasteiger partial charge in [0.05, 0.1) is 36.6 Å². The van der Waals surface area contributed by atoms with Gasteiger partial charge in [0.1, 0.15) is 11.5 Å². The zero-order chi connectivity index (χ0) is 21.7. The maximum Gasteiger partial charge on any atom is 0.283 e. The van der Waals surface area contributed by atoms with Crippen LogP contribution in [0.3, 0.4) is 0 Å². The molecule has 0 saturated heterocycles. The van der Waals surface area contributed by atoms with Gasteiger partial charge in [0.15, 0.2) is 4.80 Å². The number of nitrogens with one attached hydrogen (secondary N) is 1. The fourth-order valence-electron chi connectivity index (χ4n) is 2.96. The minimum Gasteiger partial charge on any atom is -0.497 e. The summed E-state index contributed by atoms with van der Waals surface area (Å²) in [6, 6.07) is 10.5. The first-order valence-electron chi connectivity index (χ1n) is 9.17. The highest BCUT2D eigenvalue weighted by molar-refractivity contribution is 7.16. The van der Waals surface area contributed by atoms with Crippen molar-refractivity contribution in [2.45, 2.75) is 13.5 Å². The van der Waals surface area contributed by atoms with Crippen LogP contribution in [0.2, 0.25) is 0 Å². The fraction of sp³-hybridized carbons (Fsp3) is 0.286. The molecule has 3 rings (SSSR count). The Balaban J connectivity index is 2.09. The minimum atomic E-state index is -0.422. The van der Waals surface area contributed by atoms with Crippen LogP contribution in [0.1, 0.15) is 17.3 Å². The van der Waals surface area contributed by atoms with Gasteiger partial charge in [0.25, 0.3) is 5.91 Å². The van der Waals surface area contributed by atoms with Gasteiger partial charge in [-0.3, -0.25) is 9.59 Å². The molecular weight excluding hydrogens is 406 g/mol. The van der Waals surface area contributed by atoms with Crippen molar-refractivity contribution >= 4 is 39.1 Å². The monoisotopic (exact) mass is 429 g/mol. The number of rotatable bonds is 7. The molecule has 0 radical (unpaired) electrons. The summed E-state index contributed by atoms with van der Waals surface area (Å²) >= 11 is 1.36. The number of nitrogens with zero attached hydrogens (tertiary/aromatic N) is 2. The van der Waals surface area contributed by atoms with E-state index in [1.54, 1.807) is 32.4 Å². The second-order valence-corrected chi connectivity index (χ2v) is 7.39. The van der Waals surface area contributed by atoms with E-state index in [4.69, 9.17) is 14.2 Å². The van der Waals surface area contributed by atoms with Crippen molar-refractivity contribution in [1.29, 1.82) is 0 Å². The van der Waals surface area contributed by atoms with E-state index in [1.807, 2.05) is 22.8 Å². The molecule has 1 heterocycles. The van der Waals surface area contributed by atoms with Crippen LogP contribution in [0.4, 0.5) is 5.69 Å². The van der Waals surface area contributed by atoms with Crippen molar-refractivity contribution < 1.29 is 23.8 Å². The van der Waals surface area contributed by atoms with Gasteiger partial charge in [-0.05, 0) is 30.3 Å². The first-order valence-corrected chi connectivity index (χ1v) is 9.99. The van der Waals surface area contributed by atoms with Crippen molar-refractivity contribution in [3.8, 4) is 11.5 Å². The lowest BCUT2D eigenvalue weighted by molar-refractivity contribution is -0.114. The smallest absolute Gasteiger partial charge is 0.283 e. The molecule has 0 aliphatic rings. The van der Waals surface area contributed by atoms with E-state index in [9.17, 15) is 9.59 Å². The van der Waals surface area contributed by atoms with E-state index < -0.39 is 5.91 Å². The van der Waals surface area contributed by atoms with Crippen LogP contribution in [-0.2, 0) is 16.1 Å². The first-order chi connectivity index (χ1) is 14.5. The number of methoxy groups -OCH3 is 3. The van der Waals surface area contributed by atoms with Crippen molar-refractivity contribution in [2.24, 2.45) is 4.99 Å². The third-order valence-electron chi connectivity index (χ3n) is 4.36. The molecular formula is C21H23N3O5S. The number of benzene rings is 2. The van der Waals surface area contributed by atoms with Crippen LogP contribution in [0.25, 0.3) is 10.2 Å². The van der Waals surface area contributed by atoms with Gasteiger partial charge in [-0.2, -0.15) is 4.99 Å². The van der Waals surface area contributed by atoms with Crippen LogP contribution < -0.4 is 19.6 Å². The van der Waals surface area contributed by atoms with Gasteiger partial charge in [0.2, 0.25) is 5.91 Å². The van der Waals surface area contributed by atoms with E-state index in [0.717, 1.165) is 10.2 Å². The molecule has 8 nitrogen and oxygen atoms in total. The van der Waals surface area contributed by atoms with E-state index in [2.05, 4.69) is 10.3 Å². The van der Waals surface area contributed by atoms with Gasteiger partial charge in [-0.1, -0.05) is 11.3 Å². The molecule has 158 valence electrons. The number of hydrogen-bond donors (Lipinski definition) is 1. The number of amides is 2. The SMILES string of the molecule is COCCn1c(=NC(=O)c2ccc(OC)cc2OC)sc2cc(NC(C)=O)ccc21. The molecule has 1 N–H and O–H groups in total. The van der Waals surface area contributed by atoms with E-state index >= 15 is 0 Å². The Bertz CT molecular complexity index is 1150. The molecule has 0 aliphatic carbocycles. The Morgan fingerprint density at radius 2 is 1.90 bits per heavy atom. The number of aromatic nitrogens is 1. The van der Waals surface area contributed by atoms with E-state index in [0.29, 0.717) is 40.7 Å². The lowest BCUT2D eigenvalue weighted by Gasteiger charge is -2.08. The lowest BCUT2D eigenvalue weighted by atomic mass is 10.2. The van der Waals surface area contributed by atoms with Gasteiger partial charge in [-0.15, -0.1) is 0 Å². The lowest BCUT2D eigenvalue weighted by Crippen LogP contribution is -2.19. The van der Waals surface area contributed by atoms with Crippen molar-refractivity contribution in [3.05, 3.63) is 46.8 Å². The summed E-state index contributed by atoms with van der Waals surface area (Å²) in [6.45, 7) is 2.45. The Labute approximate surface area is 177 Å². The summed E-state index contributed by atoms with van der Waals surface area (Å²) in [5, 5.41) is 2.77. The van der Waals surface area contributed by atoms with Gasteiger partial charge >= 0.3 is 0 Å². The van der Waals surface area contributed by atoms with Crippen LogP contribution >= 0.6 is 11.3 Å². The molecule has 0 saturated carbocycles. The van der Waals surface area contributed by atoms with Crippen LogP contribution in [-0.4, -0.2) is 44.3 Å². The maximum atomic E-state index is 12.9. The summed E-state index contributed by atoms with van der Waals surface area (Å²) in [4.78, 5) is 29.2. The molecule has 2 amide bonds. The zero-order valence-electron chi connectivity index (χ0n) is 17.2. The first kappa shape index (κ1) is 21.5. The number of thiazole rings is 1. The van der Waals surface area contributed by atoms with Crippen LogP contribution in [0.15, 0.2) is 41.4 Å². The standard InChI is InChI=1S/C21H23N3O5S/c1-13(25)22-14-5-8-17-19(11-14)30-21(24(17)9-10-27-2)23-20(26)16-7-6-15(28-3)12-18(16)29-4/h5-8,11-12H,9-10H2,1-4H3,(H,22,25). The molecule has 9 heteroatoms. The summed E-state index contributed by atoms with van der Waals surface area (Å²) in [6.07, 6.45) is 0. The Hall–Kier alpha value is -3.17. The predicted molar refractivity (Wildman–Crippen MR) is 115 cm³/mol. The number of anilines is 1. The predicted octanol–water partition coefficient (Wildman–Crippen LogP) is 3.07. The molecule has 0 unspecified atom stereocenters. The second kappa shape index (κ2) is 9.55. The second-order valence-electron chi connectivity index (χ2n) is 6.38. The molecule has 0 bridgehead atoms. The number of ether oxygens (including phenoxy) is 3. The maximum absolute atomic E-state index is 12.9. The van der Waals surface area contributed by atoms with Crippen LogP contribution in [0.5, 0.6) is 11.5 Å². The average molecular weight is 429 g/mol. The molecule has 2 aromatic carbocycles. The van der Waals surface area contributed by atoms with Gasteiger partial charge < -0.3 is 24.1 Å². The Morgan fingerprint density at radius 3 is 2.57 bits per heavy atom. The summed E-state index contributed by atoms with van der Waals surface area (Å²) in [5.74, 6) is 0.408. The highest BCUT2D eigenvalue weighted by Crippen LogP contribution is 2.26.